The molecule has 0 spiro atoms. The highest BCUT2D eigenvalue weighted by molar-refractivity contribution is 7.99. The number of Topliss-reactive ketones (excluding diaryl/α,β-unsaturated/α-hetero) is 1. The molecule has 29 heavy (non-hydrogen) atoms. The summed E-state index contributed by atoms with van der Waals surface area (Å²) in [6.07, 6.45) is 7.06. The molecule has 0 bridgehead atoms. The predicted molar refractivity (Wildman–Crippen MR) is 115 cm³/mol. The van der Waals surface area contributed by atoms with Crippen LogP contribution in [0.2, 0.25) is 0 Å². The van der Waals surface area contributed by atoms with Gasteiger partial charge in [0.1, 0.15) is 6.04 Å². The van der Waals surface area contributed by atoms with Crippen molar-refractivity contribution in [3.05, 3.63) is 5.89 Å². The van der Waals surface area contributed by atoms with Crippen LogP contribution in [0.15, 0.2) is 9.64 Å². The van der Waals surface area contributed by atoms with Crippen LogP contribution in [0.3, 0.4) is 0 Å². The van der Waals surface area contributed by atoms with Gasteiger partial charge in [-0.15, -0.1) is 10.2 Å². The van der Waals surface area contributed by atoms with Crippen molar-refractivity contribution in [3.8, 4) is 0 Å². The fourth-order valence-electron chi connectivity index (χ4n) is 3.57. The van der Waals surface area contributed by atoms with Crippen LogP contribution in [0.25, 0.3) is 0 Å². The molecular weight excluding hydrogens is 388 g/mol. The number of nitrogens with zero attached hydrogens (tertiary/aromatic N) is 2. The van der Waals surface area contributed by atoms with Crippen molar-refractivity contribution in [2.24, 2.45) is 11.8 Å². The molecule has 0 radical (unpaired) electrons. The summed E-state index contributed by atoms with van der Waals surface area (Å²) in [5.41, 5.74) is 0. The highest BCUT2D eigenvalue weighted by atomic mass is 32.2. The molecule has 2 atom stereocenters. The quantitative estimate of drug-likeness (QED) is 0.299. The number of carbonyl (C=O) groups is 2. The molecular formula is C21H36N4O3S. The zero-order valence-electron chi connectivity index (χ0n) is 18.2. The van der Waals surface area contributed by atoms with E-state index < -0.39 is 6.04 Å². The van der Waals surface area contributed by atoms with Gasteiger partial charge in [0.05, 0.1) is 0 Å². The van der Waals surface area contributed by atoms with Gasteiger partial charge >= 0.3 is 0 Å². The standard InChI is InChI=1S/C21H36N4O3S/c1-5-6-7-8-9-15(4)19(27)23-17(16-10-12-22-13-11-16)18(26)20-24-25-21(28-20)29-14(2)3/h14-17,22H,5-13H2,1-4H3,(H,23,27). The summed E-state index contributed by atoms with van der Waals surface area (Å²) in [5.74, 6) is -0.375. The summed E-state index contributed by atoms with van der Waals surface area (Å²) in [5, 5.41) is 14.9. The summed E-state index contributed by atoms with van der Waals surface area (Å²) < 4.78 is 5.59. The molecule has 0 saturated carbocycles. The van der Waals surface area contributed by atoms with Gasteiger partial charge in [-0.3, -0.25) is 9.59 Å². The molecule has 2 unspecified atom stereocenters. The van der Waals surface area contributed by atoms with E-state index in [0.717, 1.165) is 45.2 Å². The average molecular weight is 425 g/mol. The maximum Gasteiger partial charge on any atom is 0.286 e. The van der Waals surface area contributed by atoms with E-state index >= 15 is 0 Å². The smallest absolute Gasteiger partial charge is 0.286 e. The summed E-state index contributed by atoms with van der Waals surface area (Å²) in [4.78, 5) is 26.0. The lowest BCUT2D eigenvalue weighted by Crippen LogP contribution is -2.50. The van der Waals surface area contributed by atoms with Crippen molar-refractivity contribution in [1.82, 2.24) is 20.8 Å². The van der Waals surface area contributed by atoms with Crippen molar-refractivity contribution >= 4 is 23.5 Å². The van der Waals surface area contributed by atoms with Gasteiger partial charge in [0.15, 0.2) is 0 Å². The highest BCUT2D eigenvalue weighted by Crippen LogP contribution is 2.24. The van der Waals surface area contributed by atoms with E-state index in [1.165, 1.54) is 24.6 Å². The number of aromatic nitrogens is 2. The van der Waals surface area contributed by atoms with Gasteiger partial charge in [0.2, 0.25) is 11.7 Å². The second-order valence-corrected chi connectivity index (χ2v) is 9.76. The first-order chi connectivity index (χ1) is 13.9. The number of carbonyl (C=O) groups excluding carboxylic acids is 2. The van der Waals surface area contributed by atoms with E-state index in [4.69, 9.17) is 4.42 Å². The molecule has 2 rings (SSSR count). The Morgan fingerprint density at radius 1 is 1.17 bits per heavy atom. The second kappa shape index (κ2) is 12.3. The van der Waals surface area contributed by atoms with Crippen LogP contribution in [-0.2, 0) is 4.79 Å². The van der Waals surface area contributed by atoms with Crippen molar-refractivity contribution < 1.29 is 14.0 Å². The molecule has 1 aliphatic heterocycles. The fourth-order valence-corrected chi connectivity index (χ4v) is 4.19. The largest absolute Gasteiger partial charge is 0.408 e. The van der Waals surface area contributed by atoms with Gasteiger partial charge in [-0.25, -0.2) is 0 Å². The summed E-state index contributed by atoms with van der Waals surface area (Å²) in [6, 6.07) is -0.611. The van der Waals surface area contributed by atoms with Gasteiger partial charge in [0.25, 0.3) is 11.1 Å². The van der Waals surface area contributed by atoms with Crippen LogP contribution in [0.5, 0.6) is 0 Å². The first kappa shape index (κ1) is 23.9. The van der Waals surface area contributed by atoms with Crippen LogP contribution in [0.4, 0.5) is 0 Å². The number of thioether (sulfide) groups is 1. The Morgan fingerprint density at radius 2 is 1.90 bits per heavy atom. The van der Waals surface area contributed by atoms with Crippen molar-refractivity contribution in [2.45, 2.75) is 89.2 Å². The molecule has 0 aliphatic carbocycles. The third-order valence-corrected chi connectivity index (χ3v) is 6.17. The van der Waals surface area contributed by atoms with E-state index in [2.05, 4.69) is 27.8 Å². The number of piperidine rings is 1. The van der Waals surface area contributed by atoms with Crippen LogP contribution < -0.4 is 10.6 Å². The number of hydrogen-bond acceptors (Lipinski definition) is 7. The number of ketones is 1. The van der Waals surface area contributed by atoms with Crippen LogP contribution in [-0.4, -0.2) is 46.3 Å². The molecule has 1 aromatic rings. The number of unbranched alkanes of at least 4 members (excludes halogenated alkanes) is 3. The van der Waals surface area contributed by atoms with E-state index in [0.29, 0.717) is 5.22 Å². The Morgan fingerprint density at radius 3 is 2.55 bits per heavy atom. The van der Waals surface area contributed by atoms with E-state index in [9.17, 15) is 9.59 Å². The summed E-state index contributed by atoms with van der Waals surface area (Å²) >= 11 is 1.43. The number of rotatable bonds is 12. The lowest BCUT2D eigenvalue weighted by Gasteiger charge is -2.30. The zero-order valence-corrected chi connectivity index (χ0v) is 19.0. The number of hydrogen-bond donors (Lipinski definition) is 2. The Kier molecular flexibility index (Phi) is 10.1. The van der Waals surface area contributed by atoms with Gasteiger partial charge in [-0.1, -0.05) is 65.1 Å². The molecule has 2 N–H and O–H groups in total. The minimum Gasteiger partial charge on any atom is -0.408 e. The second-order valence-electron chi connectivity index (χ2n) is 8.23. The van der Waals surface area contributed by atoms with Crippen molar-refractivity contribution in [1.29, 1.82) is 0 Å². The van der Waals surface area contributed by atoms with Crippen molar-refractivity contribution in [2.75, 3.05) is 13.1 Å². The van der Waals surface area contributed by atoms with Crippen LogP contribution in [0.1, 0.15) is 83.3 Å². The van der Waals surface area contributed by atoms with Gasteiger partial charge < -0.3 is 15.1 Å². The lowest BCUT2D eigenvalue weighted by molar-refractivity contribution is -0.125. The van der Waals surface area contributed by atoms with Crippen LogP contribution >= 0.6 is 11.8 Å². The average Bonchev–Trinajstić information content (AvgIpc) is 3.17. The van der Waals surface area contributed by atoms with E-state index in [1.807, 2.05) is 20.8 Å². The first-order valence-corrected chi connectivity index (χ1v) is 11.9. The highest BCUT2D eigenvalue weighted by Gasteiger charge is 2.35. The Balaban J connectivity index is 2.05. The minimum absolute atomic E-state index is 0.00687. The number of nitrogens with one attached hydrogen (secondary N) is 2. The first-order valence-electron chi connectivity index (χ1n) is 11.0. The third kappa shape index (κ3) is 7.74. The van der Waals surface area contributed by atoms with E-state index in [1.54, 1.807) is 0 Å². The molecule has 0 aromatic carbocycles. The molecule has 1 fully saturated rings. The maximum absolute atomic E-state index is 13.2. The number of amides is 1. The van der Waals surface area contributed by atoms with Gasteiger partial charge in [-0.05, 0) is 38.3 Å². The Bertz CT molecular complexity index is 644. The molecule has 1 aromatic heterocycles. The molecule has 1 amide bonds. The zero-order chi connectivity index (χ0) is 21.2. The van der Waals surface area contributed by atoms with Crippen LogP contribution in [0, 0.1) is 11.8 Å². The minimum atomic E-state index is -0.611. The maximum atomic E-state index is 13.2. The fraction of sp³-hybridized carbons (Fsp3) is 0.810. The third-order valence-electron chi connectivity index (χ3n) is 5.33. The normalized spacial score (nSPS) is 17.3. The van der Waals surface area contributed by atoms with Crippen molar-refractivity contribution in [3.63, 3.8) is 0 Å². The van der Waals surface area contributed by atoms with Gasteiger partial charge in [0, 0.05) is 11.2 Å². The van der Waals surface area contributed by atoms with Gasteiger partial charge in [-0.2, -0.15) is 0 Å². The molecule has 2 heterocycles. The predicted octanol–water partition coefficient (Wildman–Crippen LogP) is 3.84. The molecule has 7 nitrogen and oxygen atoms in total. The monoisotopic (exact) mass is 424 g/mol. The molecule has 1 aliphatic rings. The Hall–Kier alpha value is -1.41. The SMILES string of the molecule is CCCCCCC(C)C(=O)NC(C(=O)c1nnc(SC(C)C)o1)C1CCNCC1. The Labute approximate surface area is 178 Å². The lowest BCUT2D eigenvalue weighted by atomic mass is 9.87. The van der Waals surface area contributed by atoms with E-state index in [-0.39, 0.29) is 34.7 Å². The molecule has 164 valence electrons. The summed E-state index contributed by atoms with van der Waals surface area (Å²) in [7, 11) is 0. The topological polar surface area (TPSA) is 97.1 Å². The molecule has 8 heteroatoms. The summed E-state index contributed by atoms with van der Waals surface area (Å²) in [6.45, 7) is 9.85. The molecule has 1 saturated heterocycles.